The summed E-state index contributed by atoms with van der Waals surface area (Å²) in [5, 5.41) is 5.07. The minimum atomic E-state index is -3.32. The average Bonchev–Trinajstić information content (AvgIpc) is 2.78. The van der Waals surface area contributed by atoms with Gasteiger partial charge in [0, 0.05) is 6.26 Å². The highest BCUT2D eigenvalue weighted by Gasteiger charge is 2.23. The number of alkyl carbamates (subject to hydrolysis) is 1. The molecule has 9 nitrogen and oxygen atoms in total. The topological polar surface area (TPSA) is 120 Å². The average molecular weight is 465 g/mol. The zero-order chi connectivity index (χ0) is 23.4. The third-order valence-electron chi connectivity index (χ3n) is 4.33. The summed E-state index contributed by atoms with van der Waals surface area (Å²) in [4.78, 5) is 24.7. The van der Waals surface area contributed by atoms with Crippen LogP contribution in [0.1, 0.15) is 12.0 Å². The van der Waals surface area contributed by atoms with E-state index in [0.29, 0.717) is 11.5 Å². The van der Waals surface area contributed by atoms with E-state index < -0.39 is 27.9 Å². The maximum atomic E-state index is 12.5. The molecule has 0 radical (unpaired) electrons. The molecule has 2 aromatic rings. The Morgan fingerprint density at radius 3 is 2.31 bits per heavy atom. The van der Waals surface area contributed by atoms with E-state index in [9.17, 15) is 18.0 Å². The molecule has 2 N–H and O–H groups in total. The largest absolute Gasteiger partial charge is 0.493 e. The number of benzene rings is 2. The van der Waals surface area contributed by atoms with Gasteiger partial charge in [0.2, 0.25) is 5.91 Å². The molecular formula is C22H28N2O7S. The Kier molecular flexibility index (Phi) is 9.80. The summed E-state index contributed by atoms with van der Waals surface area (Å²) in [6, 6.07) is 15.1. The molecule has 2 amide bonds. The summed E-state index contributed by atoms with van der Waals surface area (Å²) in [7, 11) is -1.80. The lowest BCUT2D eigenvalue weighted by atomic mass is 10.2. The van der Waals surface area contributed by atoms with Gasteiger partial charge in [-0.1, -0.05) is 42.5 Å². The number of rotatable bonds is 12. The Hall–Kier alpha value is -3.27. The first-order chi connectivity index (χ1) is 15.3. The highest BCUT2D eigenvalue weighted by molar-refractivity contribution is 7.90. The van der Waals surface area contributed by atoms with Crippen LogP contribution in [0, 0.1) is 0 Å². The smallest absolute Gasteiger partial charge is 0.408 e. The monoisotopic (exact) mass is 464 g/mol. The van der Waals surface area contributed by atoms with E-state index in [1.807, 2.05) is 24.3 Å². The second-order valence-corrected chi connectivity index (χ2v) is 9.23. The quantitative estimate of drug-likeness (QED) is 0.461. The van der Waals surface area contributed by atoms with Gasteiger partial charge in [-0.05, 0) is 24.1 Å². The fraction of sp³-hybridized carbons (Fsp3) is 0.364. The Labute approximate surface area is 188 Å². The van der Waals surface area contributed by atoms with Crippen molar-refractivity contribution in [2.75, 3.05) is 32.3 Å². The Morgan fingerprint density at radius 1 is 1.00 bits per heavy atom. The van der Waals surface area contributed by atoms with Crippen LogP contribution in [0.2, 0.25) is 0 Å². The van der Waals surface area contributed by atoms with Crippen LogP contribution >= 0.6 is 0 Å². The fourth-order valence-corrected chi connectivity index (χ4v) is 3.37. The molecule has 2 aromatic carbocycles. The highest BCUT2D eigenvalue weighted by atomic mass is 32.2. The number of hydrogen-bond acceptors (Lipinski definition) is 7. The van der Waals surface area contributed by atoms with Crippen LogP contribution in [0.3, 0.4) is 0 Å². The first-order valence-corrected chi connectivity index (χ1v) is 12.0. The SMILES string of the molecule is COc1ccccc1OCCNC(=O)C(CCS(C)(=O)=O)NC(=O)OCc1ccccc1. The van der Waals surface area contributed by atoms with Crippen molar-refractivity contribution in [1.29, 1.82) is 0 Å². The van der Waals surface area contributed by atoms with Crippen molar-refractivity contribution in [3.63, 3.8) is 0 Å². The lowest BCUT2D eigenvalue weighted by Gasteiger charge is -2.18. The maximum absolute atomic E-state index is 12.5. The van der Waals surface area contributed by atoms with Crippen LogP contribution in [0.15, 0.2) is 54.6 Å². The molecule has 0 fully saturated rings. The van der Waals surface area contributed by atoms with Gasteiger partial charge in [0.25, 0.3) is 0 Å². The molecule has 0 spiro atoms. The molecule has 1 atom stereocenters. The Bertz CT molecular complexity index is 981. The Balaban J connectivity index is 1.86. The summed E-state index contributed by atoms with van der Waals surface area (Å²) in [5.41, 5.74) is 0.785. The van der Waals surface area contributed by atoms with Crippen molar-refractivity contribution in [2.45, 2.75) is 19.1 Å². The van der Waals surface area contributed by atoms with Crippen LogP contribution in [-0.2, 0) is 26.0 Å². The molecule has 0 bridgehead atoms. The maximum Gasteiger partial charge on any atom is 0.408 e. The van der Waals surface area contributed by atoms with Crippen LogP contribution in [-0.4, -0.2) is 58.7 Å². The van der Waals surface area contributed by atoms with Gasteiger partial charge in [-0.2, -0.15) is 0 Å². The summed E-state index contributed by atoms with van der Waals surface area (Å²) >= 11 is 0. The number of ether oxygens (including phenoxy) is 3. The predicted molar refractivity (Wildman–Crippen MR) is 119 cm³/mol. The van der Waals surface area contributed by atoms with Gasteiger partial charge < -0.3 is 24.8 Å². The number of sulfone groups is 1. The van der Waals surface area contributed by atoms with Crippen molar-refractivity contribution in [1.82, 2.24) is 10.6 Å². The molecule has 1 unspecified atom stereocenters. The summed E-state index contributed by atoms with van der Waals surface area (Å²) < 4.78 is 39.0. The lowest BCUT2D eigenvalue weighted by Crippen LogP contribution is -2.48. The van der Waals surface area contributed by atoms with Crippen LogP contribution < -0.4 is 20.1 Å². The number of hydrogen-bond donors (Lipinski definition) is 2. The number of carbonyl (C=O) groups is 2. The number of methoxy groups -OCH3 is 1. The first-order valence-electron chi connectivity index (χ1n) is 9.97. The molecular weight excluding hydrogens is 436 g/mol. The second kappa shape index (κ2) is 12.6. The van der Waals surface area contributed by atoms with Crippen molar-refractivity contribution in [3.8, 4) is 11.5 Å². The van der Waals surface area contributed by atoms with Crippen molar-refractivity contribution < 1.29 is 32.2 Å². The molecule has 0 saturated heterocycles. The van der Waals surface area contributed by atoms with E-state index in [0.717, 1.165) is 11.8 Å². The van der Waals surface area contributed by atoms with Gasteiger partial charge in [0.1, 0.15) is 29.1 Å². The van der Waals surface area contributed by atoms with E-state index in [2.05, 4.69) is 10.6 Å². The van der Waals surface area contributed by atoms with Gasteiger partial charge in [0.15, 0.2) is 11.5 Å². The van der Waals surface area contributed by atoms with E-state index in [1.165, 1.54) is 7.11 Å². The summed E-state index contributed by atoms with van der Waals surface area (Å²) in [5.74, 6) is 0.295. The normalized spacial score (nSPS) is 11.8. The molecule has 2 rings (SSSR count). The third kappa shape index (κ3) is 9.25. The van der Waals surface area contributed by atoms with E-state index in [4.69, 9.17) is 14.2 Å². The zero-order valence-electron chi connectivity index (χ0n) is 18.1. The van der Waals surface area contributed by atoms with Gasteiger partial charge in [-0.3, -0.25) is 4.79 Å². The minimum absolute atomic E-state index is 0.0276. The van der Waals surface area contributed by atoms with E-state index in [1.54, 1.807) is 30.3 Å². The number of para-hydroxylation sites is 2. The number of nitrogens with one attached hydrogen (secondary N) is 2. The molecule has 174 valence electrons. The summed E-state index contributed by atoms with van der Waals surface area (Å²) in [6.07, 6.45) is 0.169. The molecule has 0 heterocycles. The first kappa shape index (κ1) is 25.0. The standard InChI is InChI=1S/C22H28N2O7S/c1-29-19-10-6-7-11-20(19)30-14-13-23-21(25)18(12-15-32(2,27)28)24-22(26)31-16-17-8-4-3-5-9-17/h3-11,18H,12-16H2,1-2H3,(H,23,25)(H,24,26). The zero-order valence-corrected chi connectivity index (χ0v) is 18.9. The van der Waals surface area contributed by atoms with Gasteiger partial charge in [-0.15, -0.1) is 0 Å². The van der Waals surface area contributed by atoms with Gasteiger partial charge in [-0.25, -0.2) is 13.2 Å². The molecule has 0 aliphatic heterocycles. The highest BCUT2D eigenvalue weighted by Crippen LogP contribution is 2.25. The van der Waals surface area contributed by atoms with Gasteiger partial charge in [0.05, 0.1) is 19.4 Å². The third-order valence-corrected chi connectivity index (χ3v) is 5.30. The molecule has 10 heteroatoms. The van der Waals surface area contributed by atoms with Crippen LogP contribution in [0.5, 0.6) is 11.5 Å². The van der Waals surface area contributed by atoms with Crippen molar-refractivity contribution in [2.24, 2.45) is 0 Å². The van der Waals surface area contributed by atoms with Crippen molar-refractivity contribution in [3.05, 3.63) is 60.2 Å². The minimum Gasteiger partial charge on any atom is -0.493 e. The number of amides is 2. The predicted octanol–water partition coefficient (Wildman–Crippen LogP) is 1.92. The van der Waals surface area contributed by atoms with Crippen LogP contribution in [0.4, 0.5) is 4.79 Å². The van der Waals surface area contributed by atoms with E-state index in [-0.39, 0.29) is 31.9 Å². The Morgan fingerprint density at radius 2 is 1.66 bits per heavy atom. The lowest BCUT2D eigenvalue weighted by molar-refractivity contribution is -0.123. The summed E-state index contributed by atoms with van der Waals surface area (Å²) in [6.45, 7) is 0.330. The van der Waals surface area contributed by atoms with E-state index >= 15 is 0 Å². The second-order valence-electron chi connectivity index (χ2n) is 6.97. The fourth-order valence-electron chi connectivity index (χ4n) is 2.70. The molecule has 0 aromatic heterocycles. The van der Waals surface area contributed by atoms with Crippen molar-refractivity contribution >= 4 is 21.8 Å². The van der Waals surface area contributed by atoms with Crippen LogP contribution in [0.25, 0.3) is 0 Å². The molecule has 0 aliphatic rings. The van der Waals surface area contributed by atoms with Gasteiger partial charge >= 0.3 is 6.09 Å². The number of carbonyl (C=O) groups excluding carboxylic acids is 2. The molecule has 0 aliphatic carbocycles. The molecule has 0 saturated carbocycles. The molecule has 32 heavy (non-hydrogen) atoms.